The second-order valence-corrected chi connectivity index (χ2v) is 7.71. The van der Waals surface area contributed by atoms with Crippen molar-refractivity contribution in [2.75, 3.05) is 11.9 Å². The van der Waals surface area contributed by atoms with Crippen molar-refractivity contribution in [3.05, 3.63) is 69.8 Å². The maximum atomic E-state index is 12.4. The average Bonchev–Trinajstić information content (AvgIpc) is 2.60. The van der Waals surface area contributed by atoms with Gasteiger partial charge < -0.3 is 10.6 Å². The summed E-state index contributed by atoms with van der Waals surface area (Å²) in [5.74, 6) is -0.150. The van der Waals surface area contributed by atoms with Crippen molar-refractivity contribution in [2.24, 2.45) is 0 Å². The third kappa shape index (κ3) is 3.84. The smallest absolute Gasteiger partial charge is 0.248 e. The van der Waals surface area contributed by atoms with Crippen molar-refractivity contribution in [1.82, 2.24) is 5.32 Å². The van der Waals surface area contributed by atoms with Gasteiger partial charge in [0.05, 0.1) is 0 Å². The molecule has 3 nitrogen and oxygen atoms in total. The van der Waals surface area contributed by atoms with Crippen LogP contribution in [0.15, 0.2) is 42.5 Å². The number of fused-ring (bicyclic) bond motifs is 1. The molecule has 0 radical (unpaired) electrons. The van der Waals surface area contributed by atoms with Crippen LogP contribution in [0.3, 0.4) is 0 Å². The van der Waals surface area contributed by atoms with Gasteiger partial charge in [0.25, 0.3) is 0 Å². The monoisotopic (exact) mass is 368 g/mol. The molecule has 1 aliphatic heterocycles. The second-order valence-electron chi connectivity index (χ2n) is 7.30. The fourth-order valence-corrected chi connectivity index (χ4v) is 3.79. The summed E-state index contributed by atoms with van der Waals surface area (Å²) in [4.78, 5) is 12.4. The van der Waals surface area contributed by atoms with Gasteiger partial charge in [-0.1, -0.05) is 56.6 Å². The number of nitrogens with one attached hydrogen (secondary N) is 2. The van der Waals surface area contributed by atoms with Gasteiger partial charge in [0.15, 0.2) is 0 Å². The van der Waals surface area contributed by atoms with Crippen molar-refractivity contribution in [1.29, 1.82) is 0 Å². The number of halogens is 1. The summed E-state index contributed by atoms with van der Waals surface area (Å²) in [6, 6.07) is 11.7. The van der Waals surface area contributed by atoms with Gasteiger partial charge in [0.2, 0.25) is 5.91 Å². The number of carbonyl (C=O) groups excluding carboxylic acids is 1. The number of anilines is 1. The van der Waals surface area contributed by atoms with Crippen LogP contribution < -0.4 is 10.6 Å². The highest BCUT2D eigenvalue weighted by Crippen LogP contribution is 2.35. The Kier molecular flexibility index (Phi) is 5.49. The fourth-order valence-electron chi connectivity index (χ4n) is 3.60. The lowest BCUT2D eigenvalue weighted by Gasteiger charge is -2.35. The van der Waals surface area contributed by atoms with E-state index in [0.29, 0.717) is 5.02 Å². The lowest BCUT2D eigenvalue weighted by atomic mass is 9.77. The molecule has 4 heteroatoms. The van der Waals surface area contributed by atoms with Gasteiger partial charge in [-0.05, 0) is 46.9 Å². The van der Waals surface area contributed by atoms with Crippen molar-refractivity contribution in [2.45, 2.75) is 39.2 Å². The van der Waals surface area contributed by atoms with Crippen molar-refractivity contribution in [3.8, 4) is 0 Å². The highest BCUT2D eigenvalue weighted by molar-refractivity contribution is 6.32. The third-order valence-electron chi connectivity index (χ3n) is 4.96. The van der Waals surface area contributed by atoms with Gasteiger partial charge in [-0.25, -0.2) is 0 Å². The lowest BCUT2D eigenvalue weighted by molar-refractivity contribution is -0.111. The van der Waals surface area contributed by atoms with E-state index in [-0.39, 0.29) is 11.3 Å². The van der Waals surface area contributed by atoms with Crippen molar-refractivity contribution < 1.29 is 4.79 Å². The largest absolute Gasteiger partial charge is 0.322 e. The summed E-state index contributed by atoms with van der Waals surface area (Å²) in [6.07, 6.45) is 4.15. The number of benzene rings is 2. The number of hydrogen-bond acceptors (Lipinski definition) is 2. The zero-order chi connectivity index (χ0) is 18.7. The molecule has 136 valence electrons. The van der Waals surface area contributed by atoms with E-state index in [1.807, 2.05) is 30.3 Å². The summed E-state index contributed by atoms with van der Waals surface area (Å²) in [6.45, 7) is 8.45. The molecule has 0 saturated heterocycles. The number of carbonyl (C=O) groups is 1. The van der Waals surface area contributed by atoms with Crippen LogP contribution >= 0.6 is 11.6 Å². The Balaban J connectivity index is 1.84. The normalized spacial score (nSPS) is 15.7. The SMILES string of the molecule is CCc1c(NC(=O)C=Cc2ccccc2Cl)ccc2c1CNCC2(C)C. The highest BCUT2D eigenvalue weighted by atomic mass is 35.5. The molecule has 0 spiro atoms. The molecule has 0 saturated carbocycles. The Bertz CT molecular complexity index is 855. The van der Waals surface area contributed by atoms with E-state index >= 15 is 0 Å². The zero-order valence-electron chi connectivity index (χ0n) is 15.5. The predicted molar refractivity (Wildman–Crippen MR) is 110 cm³/mol. The van der Waals surface area contributed by atoms with Gasteiger partial charge in [0.1, 0.15) is 0 Å². The van der Waals surface area contributed by atoms with Crippen LogP contribution in [0.25, 0.3) is 6.08 Å². The zero-order valence-corrected chi connectivity index (χ0v) is 16.3. The van der Waals surface area contributed by atoms with Crippen LogP contribution in [0.5, 0.6) is 0 Å². The first kappa shape index (κ1) is 18.7. The van der Waals surface area contributed by atoms with Crippen molar-refractivity contribution in [3.63, 3.8) is 0 Å². The number of hydrogen-bond donors (Lipinski definition) is 2. The molecule has 0 aromatic heterocycles. The van der Waals surface area contributed by atoms with Crippen LogP contribution in [0.2, 0.25) is 5.02 Å². The molecule has 2 N–H and O–H groups in total. The molecule has 0 fully saturated rings. The molecule has 2 aromatic rings. The Morgan fingerprint density at radius 2 is 2.04 bits per heavy atom. The van der Waals surface area contributed by atoms with E-state index in [0.717, 1.165) is 30.8 Å². The first-order valence-electron chi connectivity index (χ1n) is 9.02. The standard InChI is InChI=1S/C22H25ClN2O/c1-4-16-17-13-24-14-22(2,3)18(17)10-11-20(16)25-21(26)12-9-15-7-5-6-8-19(15)23/h5-12,24H,4,13-14H2,1-3H3,(H,25,26). The summed E-state index contributed by atoms with van der Waals surface area (Å²) in [7, 11) is 0. The molecule has 2 aromatic carbocycles. The van der Waals surface area contributed by atoms with Gasteiger partial charge in [0, 0.05) is 35.3 Å². The minimum absolute atomic E-state index is 0.101. The molecule has 1 heterocycles. The Morgan fingerprint density at radius 3 is 2.77 bits per heavy atom. The van der Waals surface area contributed by atoms with Gasteiger partial charge in [-0.15, -0.1) is 0 Å². The van der Waals surface area contributed by atoms with Crippen LogP contribution in [-0.4, -0.2) is 12.5 Å². The Hall–Kier alpha value is -2.10. The minimum atomic E-state index is -0.150. The molecular formula is C22H25ClN2O. The first-order valence-corrected chi connectivity index (χ1v) is 9.39. The van der Waals surface area contributed by atoms with Crippen molar-refractivity contribution >= 4 is 29.3 Å². The van der Waals surface area contributed by atoms with Gasteiger partial charge in [-0.2, -0.15) is 0 Å². The summed E-state index contributed by atoms with van der Waals surface area (Å²) in [5, 5.41) is 7.16. The first-order chi connectivity index (χ1) is 12.4. The van der Waals surface area contributed by atoms with Crippen LogP contribution in [0.1, 0.15) is 43.0 Å². The second kappa shape index (κ2) is 7.65. The van der Waals surface area contributed by atoms with E-state index in [1.165, 1.54) is 22.8 Å². The minimum Gasteiger partial charge on any atom is -0.322 e. The molecule has 0 unspecified atom stereocenters. The van der Waals surface area contributed by atoms with E-state index in [9.17, 15) is 4.79 Å². The van der Waals surface area contributed by atoms with E-state index < -0.39 is 0 Å². The Labute approximate surface area is 160 Å². The molecule has 1 amide bonds. The maximum absolute atomic E-state index is 12.4. The molecule has 3 rings (SSSR count). The highest BCUT2D eigenvalue weighted by Gasteiger charge is 2.29. The number of amides is 1. The molecule has 0 bridgehead atoms. The number of rotatable bonds is 4. The van der Waals surface area contributed by atoms with Crippen LogP contribution in [-0.2, 0) is 23.2 Å². The van der Waals surface area contributed by atoms with Gasteiger partial charge in [-0.3, -0.25) is 4.79 Å². The predicted octanol–water partition coefficient (Wildman–Crippen LogP) is 4.94. The van der Waals surface area contributed by atoms with Crippen LogP contribution in [0.4, 0.5) is 5.69 Å². The topological polar surface area (TPSA) is 41.1 Å². The summed E-state index contributed by atoms with van der Waals surface area (Å²) in [5.41, 5.74) is 5.72. The third-order valence-corrected chi connectivity index (χ3v) is 5.30. The van der Waals surface area contributed by atoms with E-state index in [4.69, 9.17) is 11.6 Å². The fraction of sp³-hybridized carbons (Fsp3) is 0.318. The summed E-state index contributed by atoms with van der Waals surface area (Å²) >= 11 is 6.13. The lowest BCUT2D eigenvalue weighted by Crippen LogP contribution is -2.39. The molecule has 0 aliphatic carbocycles. The van der Waals surface area contributed by atoms with E-state index in [1.54, 1.807) is 6.08 Å². The molecule has 0 atom stereocenters. The molecule has 26 heavy (non-hydrogen) atoms. The molecular weight excluding hydrogens is 344 g/mol. The molecule has 1 aliphatic rings. The maximum Gasteiger partial charge on any atom is 0.248 e. The van der Waals surface area contributed by atoms with E-state index in [2.05, 4.69) is 37.5 Å². The summed E-state index contributed by atoms with van der Waals surface area (Å²) < 4.78 is 0. The Morgan fingerprint density at radius 1 is 1.27 bits per heavy atom. The quantitative estimate of drug-likeness (QED) is 0.751. The van der Waals surface area contributed by atoms with Crippen LogP contribution in [0, 0.1) is 0 Å². The van der Waals surface area contributed by atoms with Gasteiger partial charge >= 0.3 is 0 Å². The average molecular weight is 369 g/mol.